The van der Waals surface area contributed by atoms with Crippen molar-refractivity contribution in [1.29, 1.82) is 0 Å². The Hall–Kier alpha value is 1.46. The molecule has 1 aromatic carbocycles. The molecule has 1 rings (SSSR count). The van der Waals surface area contributed by atoms with Crippen LogP contribution in [0.4, 0.5) is 0 Å². The second-order valence-corrected chi connectivity index (χ2v) is 5.23. The van der Waals surface area contributed by atoms with Crippen LogP contribution in [0.3, 0.4) is 0 Å². The molecule has 0 heterocycles. The number of hydrogen-bond donors (Lipinski definition) is 0. The van der Waals surface area contributed by atoms with Gasteiger partial charge in [-0.05, 0) is 18.2 Å². The number of hydrogen-bond acceptors (Lipinski definition) is 2. The van der Waals surface area contributed by atoms with Gasteiger partial charge in [0, 0.05) is 49.3 Å². The molecule has 1 radical (unpaired) electrons. The molecule has 0 saturated heterocycles. The molecular formula is C9H13Cl2OPSTl. The first kappa shape index (κ1) is 18.8. The van der Waals surface area contributed by atoms with Crippen molar-refractivity contribution in [3.05, 3.63) is 28.2 Å². The Balaban J connectivity index is 0. The average molecular weight is 476 g/mol. The molecule has 0 saturated carbocycles. The predicted molar refractivity (Wildman–Crippen MR) is 74.7 cm³/mol. The first-order valence-corrected chi connectivity index (χ1v) is 7.34. The van der Waals surface area contributed by atoms with Gasteiger partial charge in [0.05, 0.1) is 8.01 Å². The second-order valence-electron chi connectivity index (χ2n) is 1.99. The molecule has 1 atom stereocenters. The van der Waals surface area contributed by atoms with Gasteiger partial charge in [-0.1, -0.05) is 48.4 Å². The second kappa shape index (κ2) is 11.9. The number of halogens is 2. The van der Waals surface area contributed by atoms with Crippen LogP contribution in [0.25, 0.3) is 0 Å². The Kier molecular flexibility index (Phi) is 15.0. The van der Waals surface area contributed by atoms with Crippen molar-refractivity contribution in [2.75, 3.05) is 7.11 Å². The van der Waals surface area contributed by atoms with Crippen LogP contribution >= 0.6 is 42.6 Å². The van der Waals surface area contributed by atoms with E-state index in [4.69, 9.17) is 27.7 Å². The zero-order chi connectivity index (χ0) is 11.0. The summed E-state index contributed by atoms with van der Waals surface area (Å²) in [6, 6.07) is 5.44. The molecule has 0 aliphatic rings. The van der Waals surface area contributed by atoms with E-state index >= 15 is 0 Å². The minimum Gasteiger partial charge on any atom is -0.354 e. The van der Waals surface area contributed by atoms with E-state index in [-0.39, 0.29) is 27.3 Å². The predicted octanol–water partition coefficient (Wildman–Crippen LogP) is 4.89. The van der Waals surface area contributed by atoms with Gasteiger partial charge < -0.3 is 4.52 Å². The zero-order valence-electron chi connectivity index (χ0n) is 8.88. The minimum absolute atomic E-state index is 0. The fraction of sp³-hybridized carbons (Fsp3) is 0.333. The smallest absolute Gasteiger partial charge is 0.0789 e. The molecule has 1 unspecified atom stereocenters. The molecular weight excluding hydrogens is 462 g/mol. The quantitative estimate of drug-likeness (QED) is 0.455. The van der Waals surface area contributed by atoms with Crippen molar-refractivity contribution >= 4 is 69.9 Å². The summed E-state index contributed by atoms with van der Waals surface area (Å²) in [5, 5.41) is 1.32. The third kappa shape index (κ3) is 9.19. The summed E-state index contributed by atoms with van der Waals surface area (Å²) in [5.74, 6) is 0. The number of rotatable bonds is 3. The molecule has 0 amide bonds. The van der Waals surface area contributed by atoms with E-state index in [1.807, 2.05) is 26.0 Å². The summed E-state index contributed by atoms with van der Waals surface area (Å²) < 4.78 is 4.93. The topological polar surface area (TPSA) is 9.23 Å². The van der Waals surface area contributed by atoms with Crippen LogP contribution in [0.1, 0.15) is 13.8 Å². The molecule has 83 valence electrons. The first-order chi connectivity index (χ1) is 6.72. The molecule has 0 aliphatic carbocycles. The molecule has 6 heteroatoms. The minimum atomic E-state index is 0. The van der Waals surface area contributed by atoms with Crippen molar-refractivity contribution in [2.45, 2.75) is 18.7 Å². The SMILES string of the molecule is CC.COPSc1cc(Cl)cc(Cl)c1.[Tl]. The van der Waals surface area contributed by atoms with Crippen LogP contribution in [-0.4, -0.2) is 34.4 Å². The molecule has 1 aromatic rings. The molecule has 0 aliphatic heterocycles. The van der Waals surface area contributed by atoms with E-state index in [1.165, 1.54) is 0 Å². The van der Waals surface area contributed by atoms with Gasteiger partial charge in [0.1, 0.15) is 0 Å². The molecule has 0 fully saturated rings. The van der Waals surface area contributed by atoms with Gasteiger partial charge in [-0.3, -0.25) is 0 Å². The van der Waals surface area contributed by atoms with Crippen LogP contribution < -0.4 is 0 Å². The third-order valence-corrected chi connectivity index (χ3v) is 3.69. The molecule has 1 nitrogen and oxygen atoms in total. The Morgan fingerprint density at radius 3 is 2.00 bits per heavy atom. The summed E-state index contributed by atoms with van der Waals surface area (Å²) in [6.45, 7) is 4.00. The van der Waals surface area contributed by atoms with E-state index in [0.29, 0.717) is 18.1 Å². The van der Waals surface area contributed by atoms with Gasteiger partial charge in [-0.15, -0.1) is 0 Å². The largest absolute Gasteiger partial charge is 0.354 e. The fourth-order valence-electron chi connectivity index (χ4n) is 0.677. The maximum Gasteiger partial charge on any atom is 0.0789 e. The van der Waals surface area contributed by atoms with Crippen LogP contribution in [0, 0.1) is 0 Å². The van der Waals surface area contributed by atoms with Gasteiger partial charge in [0.25, 0.3) is 0 Å². The van der Waals surface area contributed by atoms with Crippen LogP contribution in [0.15, 0.2) is 23.1 Å². The van der Waals surface area contributed by atoms with E-state index in [0.717, 1.165) is 4.90 Å². The van der Waals surface area contributed by atoms with Crippen molar-refractivity contribution in [3.63, 3.8) is 0 Å². The fourth-order valence-corrected chi connectivity index (χ4v) is 2.78. The average Bonchev–Trinajstić information content (AvgIpc) is 2.16. The monoisotopic (exact) mass is 475 g/mol. The van der Waals surface area contributed by atoms with Gasteiger partial charge in [0.15, 0.2) is 0 Å². The normalized spacial score (nSPS) is 9.40. The standard InChI is InChI=1S/C7H7Cl2OPS.C2H6.Tl/c1-10-11-12-7-3-5(8)2-6(9)4-7;1-2;/h2-4,11H,1H3;1-2H3;. The van der Waals surface area contributed by atoms with Crippen molar-refractivity contribution in [1.82, 2.24) is 0 Å². The van der Waals surface area contributed by atoms with E-state index < -0.39 is 0 Å². The molecule has 15 heavy (non-hydrogen) atoms. The van der Waals surface area contributed by atoms with Crippen molar-refractivity contribution in [3.8, 4) is 0 Å². The van der Waals surface area contributed by atoms with E-state index in [2.05, 4.69) is 0 Å². The third-order valence-electron chi connectivity index (χ3n) is 1.08. The molecule has 0 aromatic heterocycles. The Morgan fingerprint density at radius 1 is 1.13 bits per heavy atom. The van der Waals surface area contributed by atoms with E-state index in [1.54, 1.807) is 24.6 Å². The maximum atomic E-state index is 5.79. The van der Waals surface area contributed by atoms with Gasteiger partial charge in [0.2, 0.25) is 0 Å². The van der Waals surface area contributed by atoms with Gasteiger partial charge >= 0.3 is 0 Å². The summed E-state index contributed by atoms with van der Waals surface area (Å²) >= 11 is 13.2. The van der Waals surface area contributed by atoms with Crippen LogP contribution in [0.5, 0.6) is 0 Å². The van der Waals surface area contributed by atoms with E-state index in [9.17, 15) is 0 Å². The van der Waals surface area contributed by atoms with Crippen LogP contribution in [-0.2, 0) is 4.52 Å². The Labute approximate surface area is 127 Å². The van der Waals surface area contributed by atoms with Crippen molar-refractivity contribution < 1.29 is 4.52 Å². The summed E-state index contributed by atoms with van der Waals surface area (Å²) in [6.07, 6.45) is 0. The molecule has 0 N–H and O–H groups in total. The number of benzene rings is 1. The maximum absolute atomic E-state index is 5.79. The first-order valence-electron chi connectivity index (χ1n) is 4.13. The Morgan fingerprint density at radius 2 is 1.60 bits per heavy atom. The zero-order valence-corrected chi connectivity index (χ0v) is 16.7. The summed E-state index contributed by atoms with van der Waals surface area (Å²) in [5.41, 5.74) is 0. The van der Waals surface area contributed by atoms with Gasteiger partial charge in [-0.2, -0.15) is 0 Å². The molecule has 0 spiro atoms. The molecule has 0 bridgehead atoms. The van der Waals surface area contributed by atoms with Gasteiger partial charge in [-0.25, -0.2) is 0 Å². The summed E-state index contributed by atoms with van der Waals surface area (Å²) in [7, 11) is 2.05. The Bertz CT molecular complexity index is 256. The summed E-state index contributed by atoms with van der Waals surface area (Å²) in [4.78, 5) is 1.03. The van der Waals surface area contributed by atoms with Crippen molar-refractivity contribution in [2.24, 2.45) is 0 Å². The van der Waals surface area contributed by atoms with Crippen LogP contribution in [0.2, 0.25) is 10.0 Å².